The molecular weight excluding hydrogens is 937 g/mol. The van der Waals surface area contributed by atoms with Gasteiger partial charge in [-0.3, -0.25) is 14.4 Å². The highest BCUT2D eigenvalue weighted by atomic mass is 16.6. The third kappa shape index (κ3) is 13.4. The van der Waals surface area contributed by atoms with Gasteiger partial charge in [-0.15, -0.1) is 0 Å². The number of carboxylic acid groups (broad SMARTS) is 1. The summed E-state index contributed by atoms with van der Waals surface area (Å²) in [5.41, 5.74) is 8.79. The van der Waals surface area contributed by atoms with Crippen molar-refractivity contribution in [3.63, 3.8) is 0 Å². The number of esters is 1. The number of hydrogen-bond acceptors (Lipinski definition) is 9. The summed E-state index contributed by atoms with van der Waals surface area (Å²) in [6.45, 7) is 17.4. The van der Waals surface area contributed by atoms with Crippen LogP contribution in [0.3, 0.4) is 0 Å². The van der Waals surface area contributed by atoms with Gasteiger partial charge in [-0.2, -0.15) is 0 Å². The molecule has 8 rings (SSSR count). The van der Waals surface area contributed by atoms with Crippen LogP contribution in [-0.2, 0) is 46.2 Å². The van der Waals surface area contributed by atoms with E-state index in [0.717, 1.165) is 82.6 Å². The molecule has 0 bridgehead atoms. The molecule has 2 heterocycles. The van der Waals surface area contributed by atoms with Crippen molar-refractivity contribution in [2.24, 2.45) is 29.6 Å². The summed E-state index contributed by atoms with van der Waals surface area (Å²) < 4.78 is 16.2. The summed E-state index contributed by atoms with van der Waals surface area (Å²) in [6.07, 6.45) is 9.56. The Labute approximate surface area is 440 Å². The highest BCUT2D eigenvalue weighted by molar-refractivity contribution is 5.92. The Balaban J connectivity index is 0.000000217. The monoisotopic (exact) mass is 1020 g/mol. The first kappa shape index (κ1) is 56.1. The smallest absolute Gasteiger partial charge is 0.410 e. The fourth-order valence-corrected chi connectivity index (χ4v) is 12.6. The lowest BCUT2D eigenvalue weighted by atomic mass is 9.78. The van der Waals surface area contributed by atoms with Crippen molar-refractivity contribution in [3.8, 4) is 0 Å². The van der Waals surface area contributed by atoms with Crippen molar-refractivity contribution >= 4 is 47.1 Å². The highest BCUT2D eigenvalue weighted by Gasteiger charge is 2.47. The van der Waals surface area contributed by atoms with Gasteiger partial charge in [0.05, 0.1) is 25.6 Å². The van der Waals surface area contributed by atoms with Crippen molar-refractivity contribution in [1.29, 1.82) is 0 Å². The molecule has 3 unspecified atom stereocenters. The van der Waals surface area contributed by atoms with E-state index in [-0.39, 0.29) is 60.3 Å². The third-order valence-electron chi connectivity index (χ3n) is 16.0. The second kappa shape index (κ2) is 23.5. The predicted molar refractivity (Wildman–Crippen MR) is 286 cm³/mol. The maximum atomic E-state index is 14.2. The number of hydrogen-bond donors (Lipinski definition) is 1. The fourth-order valence-electron chi connectivity index (χ4n) is 12.6. The Morgan fingerprint density at radius 3 is 1.58 bits per heavy atom. The SMILES string of the molecule is CN(CC1CCC(C(=O)N2CCC3=C(Cc4ccccc43)C2CC(=O)O)CC1)C(=O)OC(C)(C)C.COC(=O)C1CC2=C(Cc3ccccc32)C(CC(C)C)N1C(=O)C1CCC(CN(C)C(=O)OC(C)(C)C)CC1. The minimum atomic E-state index is -0.869. The quantitative estimate of drug-likeness (QED) is 0.169. The Morgan fingerprint density at radius 2 is 1.12 bits per heavy atom. The summed E-state index contributed by atoms with van der Waals surface area (Å²) in [4.78, 5) is 84.6. The van der Waals surface area contributed by atoms with Gasteiger partial charge in [-0.25, -0.2) is 14.4 Å². The molecule has 0 aromatic heterocycles. The Bertz CT molecular complexity index is 2460. The molecule has 0 radical (unpaired) electrons. The second-order valence-electron chi connectivity index (χ2n) is 24.4. The van der Waals surface area contributed by atoms with Crippen LogP contribution >= 0.6 is 0 Å². The van der Waals surface area contributed by atoms with Crippen LogP contribution in [-0.4, -0.2) is 131 Å². The van der Waals surface area contributed by atoms with Crippen molar-refractivity contribution in [1.82, 2.24) is 19.6 Å². The van der Waals surface area contributed by atoms with Gasteiger partial charge >= 0.3 is 24.1 Å². The number of carbonyl (C=O) groups excluding carboxylic acids is 5. The number of carbonyl (C=O) groups is 6. The van der Waals surface area contributed by atoms with Crippen LogP contribution in [0.15, 0.2) is 59.7 Å². The summed E-state index contributed by atoms with van der Waals surface area (Å²) in [6, 6.07) is 15.6. The number of ether oxygens (including phenoxy) is 3. The van der Waals surface area contributed by atoms with E-state index in [1.165, 1.54) is 46.1 Å². The van der Waals surface area contributed by atoms with Gasteiger partial charge in [-0.05, 0) is 181 Å². The normalized spacial score (nSPS) is 24.4. The van der Waals surface area contributed by atoms with Gasteiger partial charge in [0.2, 0.25) is 11.8 Å². The van der Waals surface area contributed by atoms with Gasteiger partial charge in [0.25, 0.3) is 0 Å². The zero-order valence-electron chi connectivity index (χ0n) is 46.2. The van der Waals surface area contributed by atoms with Crippen LogP contribution in [0.2, 0.25) is 0 Å². The summed E-state index contributed by atoms with van der Waals surface area (Å²) >= 11 is 0. The first-order chi connectivity index (χ1) is 34.9. The van der Waals surface area contributed by atoms with E-state index in [9.17, 15) is 33.9 Å². The number of fused-ring (bicyclic) bond motifs is 4. The predicted octanol–water partition coefficient (Wildman–Crippen LogP) is 10.6. The maximum absolute atomic E-state index is 14.2. The number of nitrogens with zero attached hydrogens (tertiary/aromatic N) is 4. The molecule has 2 saturated carbocycles. The van der Waals surface area contributed by atoms with Crippen molar-refractivity contribution < 1.29 is 48.1 Å². The number of carboxylic acids is 1. The largest absolute Gasteiger partial charge is 0.481 e. The van der Waals surface area contributed by atoms with Gasteiger partial charge in [0, 0.05) is 52.0 Å². The molecule has 4 amide bonds. The van der Waals surface area contributed by atoms with Crippen LogP contribution in [0.25, 0.3) is 11.1 Å². The molecule has 6 aliphatic rings. The number of aliphatic carboxylic acids is 1. The van der Waals surface area contributed by atoms with E-state index in [1.54, 1.807) is 23.9 Å². The van der Waals surface area contributed by atoms with Crippen LogP contribution in [0.1, 0.15) is 155 Å². The molecule has 0 saturated heterocycles. The molecule has 3 atom stereocenters. The molecule has 4 aliphatic carbocycles. The van der Waals surface area contributed by atoms with Crippen LogP contribution in [0.4, 0.5) is 9.59 Å². The molecular formula is C60H84N4O10. The fraction of sp³-hybridized carbons (Fsp3) is 0.633. The van der Waals surface area contributed by atoms with E-state index in [1.807, 2.05) is 63.5 Å². The number of amides is 4. The zero-order valence-corrected chi connectivity index (χ0v) is 46.2. The standard InChI is InChI=1S/C32H46N2O5.C28H38N2O5/c1-20(2)16-27-26-17-23-10-8-9-11-24(23)25(26)18-28(30(36)38-7)34(27)29(35)22-14-12-21(13-15-22)19-33(6)31(37)39-32(3,4)5;1-28(2,3)35-27(34)29(4)17-18-9-11-19(12-10-18)26(33)30-14-13-22-21-8-6-5-7-20(21)15-23(22)24(30)16-25(31)32/h8-11,20-22,27-28H,12-19H2,1-7H3;5-8,18-19,24H,9-17H2,1-4H3,(H,31,32). The number of rotatable bonds is 11. The van der Waals surface area contributed by atoms with Crippen molar-refractivity contribution in [2.75, 3.05) is 40.8 Å². The Kier molecular flexibility index (Phi) is 17.8. The third-order valence-corrected chi connectivity index (χ3v) is 16.0. The molecule has 2 aromatic rings. The van der Waals surface area contributed by atoms with E-state index in [0.29, 0.717) is 43.8 Å². The Hall–Kier alpha value is -5.66. The maximum Gasteiger partial charge on any atom is 0.410 e. The molecule has 74 heavy (non-hydrogen) atoms. The van der Waals surface area contributed by atoms with Crippen LogP contribution < -0.4 is 0 Å². The minimum absolute atomic E-state index is 0.0470. The first-order valence-electron chi connectivity index (χ1n) is 27.3. The van der Waals surface area contributed by atoms with Gasteiger partial charge in [0.1, 0.15) is 17.2 Å². The van der Waals surface area contributed by atoms with E-state index in [2.05, 4.69) is 50.2 Å². The average Bonchev–Trinajstić information content (AvgIpc) is 3.92. The van der Waals surface area contributed by atoms with E-state index in [4.69, 9.17) is 14.2 Å². The molecule has 0 spiro atoms. The van der Waals surface area contributed by atoms with Gasteiger partial charge < -0.3 is 38.9 Å². The van der Waals surface area contributed by atoms with Gasteiger partial charge in [-0.1, -0.05) is 62.4 Å². The summed E-state index contributed by atoms with van der Waals surface area (Å²) in [5.74, 6) is -0.192. The minimum Gasteiger partial charge on any atom is -0.481 e. The van der Waals surface area contributed by atoms with E-state index >= 15 is 0 Å². The molecule has 14 nitrogen and oxygen atoms in total. The van der Waals surface area contributed by atoms with Crippen molar-refractivity contribution in [2.45, 2.75) is 175 Å². The molecule has 14 heteroatoms. The summed E-state index contributed by atoms with van der Waals surface area (Å²) in [7, 11) is 4.96. The number of benzene rings is 2. The van der Waals surface area contributed by atoms with Crippen molar-refractivity contribution in [3.05, 3.63) is 81.9 Å². The van der Waals surface area contributed by atoms with Crippen LogP contribution in [0, 0.1) is 29.6 Å². The topological polar surface area (TPSA) is 163 Å². The zero-order chi connectivity index (χ0) is 53.8. The van der Waals surface area contributed by atoms with E-state index < -0.39 is 23.2 Å². The molecule has 2 aromatic carbocycles. The highest BCUT2D eigenvalue weighted by Crippen LogP contribution is 2.47. The lowest BCUT2D eigenvalue weighted by Crippen LogP contribution is -2.56. The summed E-state index contributed by atoms with van der Waals surface area (Å²) in [5, 5.41) is 9.64. The average molecular weight is 1020 g/mol. The number of methoxy groups -OCH3 is 1. The molecule has 1 N–H and O–H groups in total. The first-order valence-corrected chi connectivity index (χ1v) is 27.3. The lowest BCUT2D eigenvalue weighted by molar-refractivity contribution is -0.157. The van der Waals surface area contributed by atoms with Gasteiger partial charge in [0.15, 0.2) is 0 Å². The molecule has 2 aliphatic heterocycles. The van der Waals surface area contributed by atoms with Crippen LogP contribution in [0.5, 0.6) is 0 Å². The molecule has 404 valence electrons. The lowest BCUT2D eigenvalue weighted by Gasteiger charge is -2.45. The second-order valence-corrected chi connectivity index (χ2v) is 24.4. The Morgan fingerprint density at radius 1 is 0.662 bits per heavy atom. The molecule has 2 fully saturated rings.